The largest absolute Gasteiger partial charge is 0.494 e. The van der Waals surface area contributed by atoms with Gasteiger partial charge in [0.05, 0.1) is 18.1 Å². The molecule has 2 aromatic carbocycles. The number of hydrazone groups is 1. The van der Waals surface area contributed by atoms with Crippen LogP contribution in [-0.2, 0) is 4.79 Å². The summed E-state index contributed by atoms with van der Waals surface area (Å²) >= 11 is 7.33. The number of thioether (sulfide) groups is 1. The standard InChI is InChI=1S/C25H23ClN6O2S/c1-3-34-22-12-10-21(11-13-22)32-24(18-6-8-20(26)9-7-18)30-31-25(32)35-16-23(33)29-28-17(2)19-5-4-14-27-15-19/h4-15H,3,16H2,1-2H3,(H,29,33). The first-order valence-electron chi connectivity index (χ1n) is 10.9. The number of halogens is 1. The second-order valence-electron chi connectivity index (χ2n) is 7.34. The van der Waals surface area contributed by atoms with Gasteiger partial charge in [0.1, 0.15) is 5.75 Å². The predicted molar refractivity (Wildman–Crippen MR) is 138 cm³/mol. The van der Waals surface area contributed by atoms with Crippen LogP contribution in [0.25, 0.3) is 17.1 Å². The van der Waals surface area contributed by atoms with Crippen LogP contribution in [-0.4, -0.2) is 43.7 Å². The van der Waals surface area contributed by atoms with Gasteiger partial charge < -0.3 is 4.74 Å². The molecule has 0 saturated heterocycles. The molecule has 4 aromatic rings. The van der Waals surface area contributed by atoms with Crippen LogP contribution in [0.15, 0.2) is 83.3 Å². The van der Waals surface area contributed by atoms with Gasteiger partial charge in [-0.1, -0.05) is 29.4 Å². The third-order valence-electron chi connectivity index (χ3n) is 4.90. The normalized spacial score (nSPS) is 11.3. The smallest absolute Gasteiger partial charge is 0.250 e. The van der Waals surface area contributed by atoms with Gasteiger partial charge in [0.15, 0.2) is 11.0 Å². The maximum absolute atomic E-state index is 12.5. The van der Waals surface area contributed by atoms with E-state index < -0.39 is 0 Å². The van der Waals surface area contributed by atoms with Crippen molar-refractivity contribution in [2.24, 2.45) is 5.10 Å². The van der Waals surface area contributed by atoms with E-state index in [2.05, 4.69) is 25.7 Å². The van der Waals surface area contributed by atoms with Crippen molar-refractivity contribution in [2.75, 3.05) is 12.4 Å². The van der Waals surface area contributed by atoms with Crippen molar-refractivity contribution >= 4 is 35.0 Å². The summed E-state index contributed by atoms with van der Waals surface area (Å²) in [5, 5.41) is 14.1. The van der Waals surface area contributed by atoms with Crippen molar-refractivity contribution in [3.05, 3.63) is 83.6 Å². The number of aromatic nitrogens is 4. The summed E-state index contributed by atoms with van der Waals surface area (Å²) < 4.78 is 7.47. The lowest BCUT2D eigenvalue weighted by atomic mass is 10.2. The minimum atomic E-state index is -0.257. The summed E-state index contributed by atoms with van der Waals surface area (Å²) in [6, 6.07) is 18.7. The number of carbonyl (C=O) groups is 1. The van der Waals surface area contributed by atoms with Gasteiger partial charge in [-0.15, -0.1) is 10.2 Å². The zero-order valence-corrected chi connectivity index (χ0v) is 20.8. The molecule has 0 atom stereocenters. The van der Waals surface area contributed by atoms with Crippen LogP contribution in [0.2, 0.25) is 5.02 Å². The lowest BCUT2D eigenvalue weighted by Gasteiger charge is -2.11. The predicted octanol–water partition coefficient (Wildman–Crippen LogP) is 5.01. The number of nitrogens with one attached hydrogen (secondary N) is 1. The number of ether oxygens (including phenoxy) is 1. The van der Waals surface area contributed by atoms with Crippen molar-refractivity contribution < 1.29 is 9.53 Å². The topological polar surface area (TPSA) is 94.3 Å². The van der Waals surface area contributed by atoms with E-state index in [1.807, 2.05) is 66.9 Å². The fourth-order valence-electron chi connectivity index (χ4n) is 3.19. The molecule has 178 valence electrons. The van der Waals surface area contributed by atoms with Crippen LogP contribution >= 0.6 is 23.4 Å². The van der Waals surface area contributed by atoms with E-state index >= 15 is 0 Å². The van der Waals surface area contributed by atoms with Crippen molar-refractivity contribution in [2.45, 2.75) is 19.0 Å². The van der Waals surface area contributed by atoms with Gasteiger partial charge in [-0.2, -0.15) is 5.10 Å². The average Bonchev–Trinajstić information content (AvgIpc) is 3.31. The lowest BCUT2D eigenvalue weighted by Crippen LogP contribution is -2.21. The van der Waals surface area contributed by atoms with Crippen molar-refractivity contribution in [3.63, 3.8) is 0 Å². The van der Waals surface area contributed by atoms with Gasteiger partial charge in [0, 0.05) is 34.2 Å². The molecule has 35 heavy (non-hydrogen) atoms. The molecular formula is C25H23ClN6O2S. The molecule has 10 heteroatoms. The Kier molecular flexibility index (Phi) is 8.12. The number of carbonyl (C=O) groups excluding carboxylic acids is 1. The van der Waals surface area contributed by atoms with Crippen LogP contribution in [0.4, 0.5) is 0 Å². The van der Waals surface area contributed by atoms with Gasteiger partial charge >= 0.3 is 0 Å². The first kappa shape index (κ1) is 24.4. The Balaban J connectivity index is 1.55. The molecule has 0 unspecified atom stereocenters. The minimum absolute atomic E-state index is 0.111. The Hall–Kier alpha value is -3.69. The van der Waals surface area contributed by atoms with E-state index in [0.29, 0.717) is 28.3 Å². The first-order chi connectivity index (χ1) is 17.0. The van der Waals surface area contributed by atoms with Crippen molar-refractivity contribution in [3.8, 4) is 22.8 Å². The number of hydrogen-bond acceptors (Lipinski definition) is 7. The Labute approximate surface area is 212 Å². The summed E-state index contributed by atoms with van der Waals surface area (Å²) in [6.45, 7) is 4.33. The van der Waals surface area contributed by atoms with Gasteiger partial charge in [0.25, 0.3) is 5.91 Å². The van der Waals surface area contributed by atoms with E-state index in [0.717, 1.165) is 22.6 Å². The molecule has 2 aromatic heterocycles. The van der Waals surface area contributed by atoms with Crippen LogP contribution in [0.3, 0.4) is 0 Å². The molecule has 0 bridgehead atoms. The van der Waals surface area contributed by atoms with E-state index in [4.69, 9.17) is 16.3 Å². The van der Waals surface area contributed by atoms with Gasteiger partial charge in [-0.3, -0.25) is 14.3 Å². The Morgan fingerprint density at radius 2 is 1.89 bits per heavy atom. The molecule has 0 aliphatic rings. The molecule has 0 radical (unpaired) electrons. The highest BCUT2D eigenvalue weighted by atomic mass is 35.5. The fourth-order valence-corrected chi connectivity index (χ4v) is 4.06. The molecule has 0 aliphatic heterocycles. The van der Waals surface area contributed by atoms with Gasteiger partial charge in [-0.25, -0.2) is 5.43 Å². The Bertz CT molecular complexity index is 1310. The average molecular weight is 507 g/mol. The summed E-state index contributed by atoms with van der Waals surface area (Å²) in [7, 11) is 0. The number of amides is 1. The van der Waals surface area contributed by atoms with E-state index in [-0.39, 0.29) is 11.7 Å². The SMILES string of the molecule is CCOc1ccc(-n2c(SCC(=O)NN=C(C)c3cccnc3)nnc2-c2ccc(Cl)cc2)cc1. The number of benzene rings is 2. The van der Waals surface area contributed by atoms with Crippen LogP contribution < -0.4 is 10.2 Å². The Morgan fingerprint density at radius 3 is 2.57 bits per heavy atom. The van der Waals surface area contributed by atoms with E-state index in [9.17, 15) is 4.79 Å². The number of rotatable bonds is 9. The Morgan fingerprint density at radius 1 is 1.11 bits per heavy atom. The summed E-state index contributed by atoms with van der Waals surface area (Å²) in [4.78, 5) is 16.6. The fraction of sp³-hybridized carbons (Fsp3) is 0.160. The highest BCUT2D eigenvalue weighted by molar-refractivity contribution is 7.99. The molecule has 1 N–H and O–H groups in total. The molecule has 8 nitrogen and oxygen atoms in total. The number of nitrogens with zero attached hydrogens (tertiary/aromatic N) is 5. The van der Waals surface area contributed by atoms with Crippen LogP contribution in [0.5, 0.6) is 5.75 Å². The second kappa shape index (κ2) is 11.6. The van der Waals surface area contributed by atoms with Crippen LogP contribution in [0.1, 0.15) is 19.4 Å². The van der Waals surface area contributed by atoms with Gasteiger partial charge in [0.2, 0.25) is 0 Å². The lowest BCUT2D eigenvalue weighted by molar-refractivity contribution is -0.118. The molecule has 0 spiro atoms. The molecule has 4 rings (SSSR count). The van der Waals surface area contributed by atoms with Crippen molar-refractivity contribution in [1.82, 2.24) is 25.2 Å². The molecule has 0 aliphatic carbocycles. The highest BCUT2D eigenvalue weighted by Crippen LogP contribution is 2.29. The third kappa shape index (κ3) is 6.26. The molecule has 0 fully saturated rings. The molecule has 0 saturated carbocycles. The summed E-state index contributed by atoms with van der Waals surface area (Å²) in [5.41, 5.74) is 5.79. The first-order valence-corrected chi connectivity index (χ1v) is 12.2. The molecular weight excluding hydrogens is 484 g/mol. The highest BCUT2D eigenvalue weighted by Gasteiger charge is 2.17. The van der Waals surface area contributed by atoms with E-state index in [1.54, 1.807) is 24.5 Å². The number of pyridine rings is 1. The van der Waals surface area contributed by atoms with Crippen LogP contribution in [0, 0.1) is 0 Å². The minimum Gasteiger partial charge on any atom is -0.494 e. The third-order valence-corrected chi connectivity index (χ3v) is 6.08. The zero-order chi connectivity index (χ0) is 24.6. The van der Waals surface area contributed by atoms with Gasteiger partial charge in [-0.05, 0) is 68.4 Å². The number of hydrogen-bond donors (Lipinski definition) is 1. The summed E-state index contributed by atoms with van der Waals surface area (Å²) in [5.74, 6) is 1.26. The second-order valence-corrected chi connectivity index (χ2v) is 8.72. The quantitative estimate of drug-likeness (QED) is 0.195. The maximum Gasteiger partial charge on any atom is 0.250 e. The summed E-state index contributed by atoms with van der Waals surface area (Å²) in [6.07, 6.45) is 3.38. The van der Waals surface area contributed by atoms with Crippen molar-refractivity contribution in [1.29, 1.82) is 0 Å². The monoisotopic (exact) mass is 506 g/mol. The molecule has 1 amide bonds. The van der Waals surface area contributed by atoms with E-state index in [1.165, 1.54) is 11.8 Å². The molecule has 2 heterocycles. The zero-order valence-electron chi connectivity index (χ0n) is 19.2. The maximum atomic E-state index is 12.5.